The summed E-state index contributed by atoms with van der Waals surface area (Å²) < 4.78 is 10.5. The van der Waals surface area contributed by atoms with Gasteiger partial charge < -0.3 is 19.7 Å². The Hall–Kier alpha value is -3.02. The molecule has 1 aliphatic heterocycles. The molecule has 2 N–H and O–H groups in total. The quantitative estimate of drug-likeness (QED) is 0.818. The van der Waals surface area contributed by atoms with E-state index < -0.39 is 23.3 Å². The van der Waals surface area contributed by atoms with Crippen molar-refractivity contribution in [2.24, 2.45) is 5.92 Å². The van der Waals surface area contributed by atoms with Gasteiger partial charge in [0.1, 0.15) is 5.41 Å². The van der Waals surface area contributed by atoms with Crippen molar-refractivity contribution in [2.45, 2.75) is 19.3 Å². The molecule has 0 saturated heterocycles. The van der Waals surface area contributed by atoms with Crippen LogP contribution in [-0.2, 0) is 15.0 Å². The minimum atomic E-state index is -1.45. The van der Waals surface area contributed by atoms with Crippen LogP contribution in [0.4, 0.5) is 0 Å². The number of rotatable bonds is 3. The lowest BCUT2D eigenvalue weighted by Gasteiger charge is -2.35. The third-order valence-electron chi connectivity index (χ3n) is 4.24. The number of fused-ring (bicyclic) bond motifs is 1. The van der Waals surface area contributed by atoms with E-state index in [0.717, 1.165) is 0 Å². The number of carboxylic acids is 2. The van der Waals surface area contributed by atoms with E-state index in [1.807, 2.05) is 6.92 Å². The molecule has 0 bridgehead atoms. The van der Waals surface area contributed by atoms with Crippen LogP contribution in [-0.4, -0.2) is 28.9 Å². The van der Waals surface area contributed by atoms with Gasteiger partial charge in [-0.15, -0.1) is 6.58 Å². The molecular formula is C19H20O6. The second-order valence-corrected chi connectivity index (χ2v) is 5.66. The van der Waals surface area contributed by atoms with Crippen LogP contribution in [0.25, 0.3) is 0 Å². The molecule has 25 heavy (non-hydrogen) atoms. The molecule has 2 aliphatic rings. The third-order valence-corrected chi connectivity index (χ3v) is 4.24. The van der Waals surface area contributed by atoms with Gasteiger partial charge in [0.15, 0.2) is 11.5 Å². The van der Waals surface area contributed by atoms with Crippen LogP contribution in [0.1, 0.15) is 19.4 Å². The molecule has 2 atom stereocenters. The van der Waals surface area contributed by atoms with Crippen LogP contribution in [0.15, 0.2) is 54.7 Å². The molecule has 1 aromatic carbocycles. The van der Waals surface area contributed by atoms with E-state index in [9.17, 15) is 19.8 Å². The Bertz CT molecular complexity index is 761. The van der Waals surface area contributed by atoms with E-state index in [-0.39, 0.29) is 12.4 Å². The van der Waals surface area contributed by atoms with Crippen LogP contribution in [0, 0.1) is 5.92 Å². The molecule has 0 spiro atoms. The summed E-state index contributed by atoms with van der Waals surface area (Å²) in [5, 5.41) is 19.1. The van der Waals surface area contributed by atoms with E-state index >= 15 is 0 Å². The predicted molar refractivity (Wildman–Crippen MR) is 91.8 cm³/mol. The molecule has 0 radical (unpaired) electrons. The van der Waals surface area contributed by atoms with Crippen molar-refractivity contribution in [3.63, 3.8) is 0 Å². The molecule has 1 aromatic rings. The highest BCUT2D eigenvalue weighted by Gasteiger charge is 2.47. The zero-order valence-electron chi connectivity index (χ0n) is 14.1. The van der Waals surface area contributed by atoms with Crippen LogP contribution >= 0.6 is 0 Å². The lowest BCUT2D eigenvalue weighted by Crippen LogP contribution is -2.43. The molecule has 3 rings (SSSR count). The maximum atomic E-state index is 12.0. The van der Waals surface area contributed by atoms with Gasteiger partial charge in [-0.2, -0.15) is 0 Å². The zero-order valence-corrected chi connectivity index (χ0v) is 14.1. The van der Waals surface area contributed by atoms with Crippen LogP contribution < -0.4 is 9.47 Å². The minimum Gasteiger partial charge on any atom is -0.480 e. The van der Waals surface area contributed by atoms with Gasteiger partial charge >= 0.3 is 11.9 Å². The number of carboxylic acid groups (broad SMARTS) is 2. The third kappa shape index (κ3) is 3.15. The van der Waals surface area contributed by atoms with Crippen molar-refractivity contribution in [1.82, 2.24) is 0 Å². The topological polar surface area (TPSA) is 93.1 Å². The van der Waals surface area contributed by atoms with Gasteiger partial charge in [-0.3, -0.25) is 4.79 Å². The molecular weight excluding hydrogens is 324 g/mol. The zero-order chi connectivity index (χ0) is 18.6. The Balaban J connectivity index is 0.000000701. The van der Waals surface area contributed by atoms with Gasteiger partial charge in [0.25, 0.3) is 0 Å². The summed E-state index contributed by atoms with van der Waals surface area (Å²) in [5.74, 6) is -1.95. The summed E-state index contributed by atoms with van der Waals surface area (Å²) in [7, 11) is 0. The highest BCUT2D eigenvalue weighted by molar-refractivity contribution is 5.94. The number of hydrogen-bond donors (Lipinski definition) is 2. The van der Waals surface area contributed by atoms with E-state index in [1.54, 1.807) is 31.2 Å². The number of carbonyl (C=O) groups is 2. The van der Waals surface area contributed by atoms with Gasteiger partial charge in [-0.25, -0.2) is 4.79 Å². The predicted octanol–water partition coefficient (Wildman–Crippen LogP) is 3.15. The lowest BCUT2D eigenvalue weighted by atomic mass is 9.66. The lowest BCUT2D eigenvalue weighted by molar-refractivity contribution is -0.143. The van der Waals surface area contributed by atoms with Gasteiger partial charge in [0, 0.05) is 11.5 Å². The smallest absolute Gasteiger partial charge is 0.331 e. The fourth-order valence-electron chi connectivity index (χ4n) is 2.97. The van der Waals surface area contributed by atoms with Crippen molar-refractivity contribution >= 4 is 11.9 Å². The van der Waals surface area contributed by atoms with E-state index in [0.29, 0.717) is 17.1 Å². The first kappa shape index (κ1) is 18.3. The summed E-state index contributed by atoms with van der Waals surface area (Å²) in [6, 6.07) is 4.87. The molecule has 0 fully saturated rings. The first-order chi connectivity index (χ1) is 11.9. The highest BCUT2D eigenvalue weighted by Crippen LogP contribution is 2.44. The Morgan fingerprint density at radius 1 is 1.28 bits per heavy atom. The molecule has 6 nitrogen and oxygen atoms in total. The number of allylic oxidation sites excluding steroid dienone is 3. The van der Waals surface area contributed by atoms with Crippen LogP contribution in [0.5, 0.6) is 11.5 Å². The van der Waals surface area contributed by atoms with Gasteiger partial charge in [0.05, 0.1) is 0 Å². The minimum absolute atomic E-state index is 0.0579. The summed E-state index contributed by atoms with van der Waals surface area (Å²) in [6.07, 6.45) is 6.17. The summed E-state index contributed by atoms with van der Waals surface area (Å²) in [4.78, 5) is 23.4. The van der Waals surface area contributed by atoms with Crippen LogP contribution in [0.3, 0.4) is 0 Å². The van der Waals surface area contributed by atoms with Crippen molar-refractivity contribution in [1.29, 1.82) is 0 Å². The Kier molecular flexibility index (Phi) is 5.32. The van der Waals surface area contributed by atoms with Crippen molar-refractivity contribution < 1.29 is 29.3 Å². The molecule has 132 valence electrons. The average molecular weight is 344 g/mol. The molecule has 0 amide bonds. The Morgan fingerprint density at radius 2 is 1.92 bits per heavy atom. The Morgan fingerprint density at radius 3 is 2.52 bits per heavy atom. The molecule has 0 aromatic heterocycles. The maximum absolute atomic E-state index is 12.0. The van der Waals surface area contributed by atoms with E-state index in [4.69, 9.17) is 9.47 Å². The highest BCUT2D eigenvalue weighted by atomic mass is 16.7. The van der Waals surface area contributed by atoms with E-state index in [1.165, 1.54) is 18.2 Å². The number of benzene rings is 1. The van der Waals surface area contributed by atoms with Crippen molar-refractivity contribution in [3.05, 3.63) is 60.2 Å². The second-order valence-electron chi connectivity index (χ2n) is 5.66. The monoisotopic (exact) mass is 344 g/mol. The number of hydrogen-bond acceptors (Lipinski definition) is 4. The largest absolute Gasteiger partial charge is 0.480 e. The normalized spacial score (nSPS) is 23.1. The maximum Gasteiger partial charge on any atom is 0.331 e. The van der Waals surface area contributed by atoms with Gasteiger partial charge in [-0.1, -0.05) is 37.3 Å². The van der Waals surface area contributed by atoms with Crippen molar-refractivity contribution in [3.8, 4) is 11.5 Å². The fourth-order valence-corrected chi connectivity index (χ4v) is 2.97. The molecule has 6 heteroatoms. The standard InChI is InChI=1S/C16H14O6.C3H6/c1-9-11(14(17)18)3-2-6-16(9,15(19)20)10-4-5-12-13(7-10)22-8-21-12;1-3-2/h2-7,9H,8H2,1H3,(H,17,18)(H,19,20);3H,1H2,2H3. The molecule has 2 unspecified atom stereocenters. The molecule has 1 heterocycles. The van der Waals surface area contributed by atoms with Gasteiger partial charge in [-0.05, 0) is 24.6 Å². The van der Waals surface area contributed by atoms with Crippen LogP contribution in [0.2, 0.25) is 0 Å². The summed E-state index contributed by atoms with van der Waals surface area (Å²) in [6.45, 7) is 6.94. The number of aliphatic carboxylic acids is 2. The summed E-state index contributed by atoms with van der Waals surface area (Å²) in [5.41, 5.74) is -0.939. The first-order valence-corrected chi connectivity index (χ1v) is 7.71. The van der Waals surface area contributed by atoms with E-state index in [2.05, 4.69) is 6.58 Å². The SMILES string of the molecule is C=CC.CC1C(C(=O)O)=CC=CC1(C(=O)O)c1ccc2c(c1)OCO2. The number of ether oxygens (including phenoxy) is 2. The molecule has 1 aliphatic carbocycles. The van der Waals surface area contributed by atoms with Crippen molar-refractivity contribution in [2.75, 3.05) is 6.79 Å². The Labute approximate surface area is 145 Å². The first-order valence-electron chi connectivity index (χ1n) is 7.71. The van der Waals surface area contributed by atoms with Gasteiger partial charge in [0.2, 0.25) is 6.79 Å². The summed E-state index contributed by atoms with van der Waals surface area (Å²) >= 11 is 0. The second kappa shape index (κ2) is 7.25. The average Bonchev–Trinajstić information content (AvgIpc) is 3.03. The fraction of sp³-hybridized carbons (Fsp3) is 0.263. The molecule has 0 saturated carbocycles.